The molecule has 0 heterocycles. The van der Waals surface area contributed by atoms with Gasteiger partial charge in [-0.05, 0) is 67.4 Å². The third-order valence-electron chi connectivity index (χ3n) is 4.27. The van der Waals surface area contributed by atoms with E-state index in [2.05, 4.69) is 10.0 Å². The summed E-state index contributed by atoms with van der Waals surface area (Å²) in [5, 5.41) is 13.3. The highest BCUT2D eigenvalue weighted by Gasteiger charge is 2.20. The van der Waals surface area contributed by atoms with Crippen molar-refractivity contribution >= 4 is 45.3 Å². The molecule has 0 aliphatic heterocycles. The first-order chi connectivity index (χ1) is 15.6. The number of benzene rings is 3. The van der Waals surface area contributed by atoms with E-state index in [1.807, 2.05) is 35.9 Å². The summed E-state index contributed by atoms with van der Waals surface area (Å²) in [6, 6.07) is 16.8. The van der Waals surface area contributed by atoms with E-state index in [0.717, 1.165) is 46.7 Å². The molecule has 0 unspecified atom stereocenters. The van der Waals surface area contributed by atoms with Crippen LogP contribution in [0.2, 0.25) is 0 Å². The minimum absolute atomic E-state index is 0.0421. The van der Waals surface area contributed by atoms with E-state index in [9.17, 15) is 28.1 Å². The molecule has 12 heteroatoms. The minimum Gasteiger partial charge on any atom is -0.307 e. The summed E-state index contributed by atoms with van der Waals surface area (Å²) >= 11 is 1.14. The molecule has 3 aromatic rings. The quantitative estimate of drug-likeness (QED) is 0.261. The lowest BCUT2D eigenvalue weighted by atomic mass is 10.2. The van der Waals surface area contributed by atoms with Gasteiger partial charge in [0.15, 0.2) is 0 Å². The minimum atomic E-state index is -4.22. The Labute approximate surface area is 193 Å². The van der Waals surface area contributed by atoms with Crippen molar-refractivity contribution < 1.29 is 22.9 Å². The second kappa shape index (κ2) is 10.1. The number of anilines is 1. The molecule has 0 fully saturated rings. The maximum atomic E-state index is 12.3. The van der Waals surface area contributed by atoms with Crippen LogP contribution in [0.4, 0.5) is 16.2 Å². The van der Waals surface area contributed by atoms with Gasteiger partial charge in [0.1, 0.15) is 0 Å². The van der Waals surface area contributed by atoms with Crippen LogP contribution in [-0.4, -0.2) is 25.3 Å². The van der Waals surface area contributed by atoms with Gasteiger partial charge in [-0.2, -0.15) is 0 Å². The lowest BCUT2D eigenvalue weighted by molar-refractivity contribution is -0.384. The monoisotopic (exact) mass is 486 g/mol. The number of nitro benzene ring substituents is 1. The van der Waals surface area contributed by atoms with Crippen LogP contribution in [0.25, 0.3) is 0 Å². The van der Waals surface area contributed by atoms with Crippen LogP contribution >= 0.6 is 11.9 Å². The van der Waals surface area contributed by atoms with Crippen LogP contribution in [0.15, 0.2) is 82.6 Å². The molecule has 0 bridgehead atoms. The second-order valence-electron chi connectivity index (χ2n) is 6.73. The molecule has 0 saturated heterocycles. The van der Waals surface area contributed by atoms with Crippen molar-refractivity contribution in [3.63, 3.8) is 0 Å². The van der Waals surface area contributed by atoms with Crippen LogP contribution in [-0.2, 0) is 10.0 Å². The van der Waals surface area contributed by atoms with E-state index in [1.165, 1.54) is 24.3 Å². The van der Waals surface area contributed by atoms with E-state index in [-0.39, 0.29) is 16.1 Å². The number of nitrogens with zero attached hydrogens (tertiary/aromatic N) is 1. The smallest absolute Gasteiger partial charge is 0.307 e. The number of nitrogens with one attached hydrogen (secondary N) is 3. The molecule has 33 heavy (non-hydrogen) atoms. The number of rotatable bonds is 7. The van der Waals surface area contributed by atoms with Gasteiger partial charge < -0.3 is 5.32 Å². The van der Waals surface area contributed by atoms with E-state index in [1.54, 1.807) is 0 Å². The summed E-state index contributed by atoms with van der Waals surface area (Å²) in [5.74, 6) is -0.890. The number of non-ortho nitro benzene ring substituents is 1. The predicted molar refractivity (Wildman–Crippen MR) is 123 cm³/mol. The summed E-state index contributed by atoms with van der Waals surface area (Å²) < 4.78 is 29.2. The molecular weight excluding hydrogens is 468 g/mol. The van der Waals surface area contributed by atoms with Gasteiger partial charge in [0.2, 0.25) is 0 Å². The highest BCUT2D eigenvalue weighted by Crippen LogP contribution is 2.18. The van der Waals surface area contributed by atoms with Gasteiger partial charge in [-0.25, -0.2) is 17.9 Å². The lowest BCUT2D eigenvalue weighted by Gasteiger charge is -2.09. The first-order valence-electron chi connectivity index (χ1n) is 9.36. The average molecular weight is 487 g/mol. The zero-order chi connectivity index (χ0) is 24.0. The first kappa shape index (κ1) is 23.8. The third-order valence-corrected chi connectivity index (χ3v) is 6.41. The number of hydrogen-bond donors (Lipinski definition) is 3. The van der Waals surface area contributed by atoms with Crippen LogP contribution in [0.1, 0.15) is 15.9 Å². The summed E-state index contributed by atoms with van der Waals surface area (Å²) in [6.07, 6.45) is 0. The van der Waals surface area contributed by atoms with Gasteiger partial charge in [-0.1, -0.05) is 17.7 Å². The number of amides is 3. The molecule has 3 rings (SSSR count). The van der Waals surface area contributed by atoms with E-state index >= 15 is 0 Å². The van der Waals surface area contributed by atoms with Crippen molar-refractivity contribution in [1.29, 1.82) is 0 Å². The summed E-state index contributed by atoms with van der Waals surface area (Å²) in [5.41, 5.74) is 1.27. The molecule has 3 amide bonds. The SMILES string of the molecule is Cc1ccc(SNC(=O)Nc2ccc(C(=O)NS(=O)(=O)c3ccc([N+](=O)[O-])cc3)cc2)cc1. The fraction of sp³-hybridized carbons (Fsp3) is 0.0476. The number of hydrogen-bond acceptors (Lipinski definition) is 7. The van der Waals surface area contributed by atoms with Crippen molar-refractivity contribution in [3.8, 4) is 0 Å². The maximum Gasteiger partial charge on any atom is 0.329 e. The van der Waals surface area contributed by atoms with Crippen LogP contribution in [0.5, 0.6) is 0 Å². The zero-order valence-corrected chi connectivity index (χ0v) is 18.8. The molecule has 0 radical (unpaired) electrons. The fourth-order valence-electron chi connectivity index (χ4n) is 2.56. The van der Waals surface area contributed by atoms with Crippen molar-refractivity contribution in [2.75, 3.05) is 5.32 Å². The molecule has 0 saturated carbocycles. The number of nitro groups is 1. The molecule has 0 spiro atoms. The normalized spacial score (nSPS) is 10.8. The summed E-state index contributed by atoms with van der Waals surface area (Å²) in [6.45, 7) is 1.96. The molecule has 0 aliphatic carbocycles. The lowest BCUT2D eigenvalue weighted by Crippen LogP contribution is -2.30. The van der Waals surface area contributed by atoms with E-state index in [0.29, 0.717) is 5.69 Å². The number of sulfonamides is 1. The van der Waals surface area contributed by atoms with Crippen molar-refractivity contribution in [1.82, 2.24) is 9.44 Å². The first-order valence-corrected chi connectivity index (χ1v) is 11.7. The highest BCUT2D eigenvalue weighted by atomic mass is 32.2. The standard InChI is InChI=1S/C21H18N4O6S2/c1-14-2-10-18(11-3-14)32-23-21(27)22-16-6-4-15(5-7-16)20(26)24-33(30,31)19-12-8-17(9-13-19)25(28)29/h2-13H,1H3,(H,24,26)(H2,22,23,27). The molecule has 3 N–H and O–H groups in total. The largest absolute Gasteiger partial charge is 0.329 e. The van der Waals surface area contributed by atoms with Crippen LogP contribution in [0.3, 0.4) is 0 Å². The van der Waals surface area contributed by atoms with Crippen molar-refractivity contribution in [2.45, 2.75) is 16.7 Å². The Balaban J connectivity index is 1.57. The number of urea groups is 1. The van der Waals surface area contributed by atoms with Gasteiger partial charge >= 0.3 is 6.03 Å². The molecule has 3 aromatic carbocycles. The maximum absolute atomic E-state index is 12.3. The zero-order valence-electron chi connectivity index (χ0n) is 17.1. The van der Waals surface area contributed by atoms with Crippen molar-refractivity contribution in [2.24, 2.45) is 0 Å². The Morgan fingerprint density at radius 3 is 2.09 bits per heavy atom. The van der Waals surface area contributed by atoms with Gasteiger partial charge in [0, 0.05) is 28.3 Å². The second-order valence-corrected chi connectivity index (χ2v) is 9.30. The number of carbonyl (C=O) groups excluding carboxylic acids is 2. The van der Waals surface area contributed by atoms with Gasteiger partial charge in [0.25, 0.3) is 21.6 Å². The van der Waals surface area contributed by atoms with Crippen LogP contribution in [0, 0.1) is 17.0 Å². The molecule has 0 aliphatic rings. The predicted octanol–water partition coefficient (Wildman–Crippen LogP) is 3.85. The number of aryl methyl sites for hydroxylation is 1. The fourth-order valence-corrected chi connectivity index (χ4v) is 4.07. The summed E-state index contributed by atoms with van der Waals surface area (Å²) in [4.78, 5) is 35.0. The average Bonchev–Trinajstić information content (AvgIpc) is 2.79. The highest BCUT2D eigenvalue weighted by molar-refractivity contribution is 7.98. The molecule has 0 atom stereocenters. The Bertz CT molecular complexity index is 1280. The molecular formula is C21H18N4O6S2. The van der Waals surface area contributed by atoms with Gasteiger partial charge in [-0.3, -0.25) is 19.6 Å². The Morgan fingerprint density at radius 2 is 1.52 bits per heavy atom. The summed E-state index contributed by atoms with van der Waals surface area (Å²) in [7, 11) is -4.22. The Kier molecular flexibility index (Phi) is 7.30. The van der Waals surface area contributed by atoms with Crippen molar-refractivity contribution in [3.05, 3.63) is 94.0 Å². The number of carbonyl (C=O) groups is 2. The molecule has 10 nitrogen and oxygen atoms in total. The third kappa shape index (κ3) is 6.54. The topological polar surface area (TPSA) is 148 Å². The molecule has 170 valence electrons. The van der Waals surface area contributed by atoms with E-state index in [4.69, 9.17) is 0 Å². The Hall–Kier alpha value is -3.90. The van der Waals surface area contributed by atoms with E-state index < -0.39 is 26.9 Å². The Morgan fingerprint density at radius 1 is 0.909 bits per heavy atom. The molecule has 0 aromatic heterocycles. The van der Waals surface area contributed by atoms with Gasteiger partial charge in [0.05, 0.1) is 9.82 Å². The van der Waals surface area contributed by atoms with Crippen LogP contribution < -0.4 is 14.8 Å². The van der Waals surface area contributed by atoms with Gasteiger partial charge in [-0.15, -0.1) is 0 Å².